The fourth-order valence-corrected chi connectivity index (χ4v) is 3.27. The summed E-state index contributed by atoms with van der Waals surface area (Å²) < 4.78 is 67.6. The monoisotopic (exact) mass is 398 g/mol. The average molecular weight is 398 g/mol. The van der Waals surface area contributed by atoms with Gasteiger partial charge in [-0.2, -0.15) is 5.10 Å². The normalized spacial score (nSPS) is 11.5. The third-order valence-corrected chi connectivity index (χ3v) is 4.90. The summed E-state index contributed by atoms with van der Waals surface area (Å²) in [4.78, 5) is 11.8. The predicted octanol–water partition coefficient (Wildman–Crippen LogP) is 1.92. The van der Waals surface area contributed by atoms with Crippen LogP contribution in [0.3, 0.4) is 0 Å². The molecule has 0 saturated carbocycles. The van der Waals surface area contributed by atoms with Crippen LogP contribution in [0.25, 0.3) is 5.52 Å². The van der Waals surface area contributed by atoms with Gasteiger partial charge in [0.15, 0.2) is 17.5 Å². The first kappa shape index (κ1) is 18.7. The lowest BCUT2D eigenvalue weighted by Gasteiger charge is -2.10. The maximum atomic E-state index is 13.5. The number of hydrogen-bond donors (Lipinski definition) is 2. The van der Waals surface area contributed by atoms with Crippen molar-refractivity contribution < 1.29 is 26.4 Å². The van der Waals surface area contributed by atoms with Gasteiger partial charge in [0.2, 0.25) is 10.0 Å². The van der Waals surface area contributed by atoms with E-state index < -0.39 is 44.7 Å². The number of nitrogens with one attached hydrogen (secondary N) is 2. The van der Waals surface area contributed by atoms with Crippen molar-refractivity contribution in [1.29, 1.82) is 0 Å². The molecule has 0 aliphatic heterocycles. The van der Waals surface area contributed by atoms with Gasteiger partial charge in [0, 0.05) is 18.9 Å². The van der Waals surface area contributed by atoms with E-state index in [0.29, 0.717) is 17.3 Å². The molecule has 27 heavy (non-hydrogen) atoms. The Kier molecular flexibility index (Phi) is 5.04. The van der Waals surface area contributed by atoms with Crippen molar-refractivity contribution in [2.24, 2.45) is 0 Å². The van der Waals surface area contributed by atoms with Crippen molar-refractivity contribution in [2.45, 2.75) is 0 Å². The Hall–Kier alpha value is -3.08. The molecule has 3 rings (SSSR count). The Morgan fingerprint density at radius 1 is 1.11 bits per heavy atom. The number of amides is 1. The molecule has 0 radical (unpaired) electrons. The Balaban J connectivity index is 1.60. The zero-order valence-corrected chi connectivity index (χ0v) is 14.4. The minimum atomic E-state index is -3.81. The van der Waals surface area contributed by atoms with Crippen LogP contribution in [0, 0.1) is 17.5 Å². The third kappa shape index (κ3) is 4.19. The van der Waals surface area contributed by atoms with Gasteiger partial charge >= 0.3 is 0 Å². The Morgan fingerprint density at radius 3 is 2.67 bits per heavy atom. The van der Waals surface area contributed by atoms with Gasteiger partial charge < -0.3 is 5.32 Å². The highest BCUT2D eigenvalue weighted by Crippen LogP contribution is 2.15. The fourth-order valence-electron chi connectivity index (χ4n) is 2.31. The van der Waals surface area contributed by atoms with E-state index in [4.69, 9.17) is 0 Å². The van der Waals surface area contributed by atoms with E-state index in [-0.39, 0.29) is 6.54 Å². The molecule has 0 aliphatic carbocycles. The summed E-state index contributed by atoms with van der Waals surface area (Å²) in [5, 5.41) is 6.14. The molecule has 3 aromatic rings. The smallest absolute Gasteiger partial charge is 0.254 e. The van der Waals surface area contributed by atoms with Gasteiger partial charge in [-0.05, 0) is 30.3 Å². The van der Waals surface area contributed by atoms with Crippen LogP contribution < -0.4 is 10.0 Å². The predicted molar refractivity (Wildman–Crippen MR) is 91.3 cm³/mol. The first-order chi connectivity index (χ1) is 12.8. The van der Waals surface area contributed by atoms with Gasteiger partial charge in [-0.15, -0.1) is 0 Å². The number of anilines is 1. The van der Waals surface area contributed by atoms with Crippen LogP contribution in [-0.2, 0) is 10.0 Å². The molecule has 0 atom stereocenters. The second-order valence-electron chi connectivity index (χ2n) is 5.52. The lowest BCUT2D eigenvalue weighted by molar-refractivity contribution is 0.0951. The number of halogens is 3. The highest BCUT2D eigenvalue weighted by molar-refractivity contribution is 7.92. The molecule has 1 amide bonds. The molecule has 11 heteroatoms. The first-order valence-corrected chi connectivity index (χ1v) is 9.28. The second kappa shape index (κ2) is 7.27. The molecule has 0 spiro atoms. The number of hydrogen-bond acceptors (Lipinski definition) is 4. The van der Waals surface area contributed by atoms with Crippen LogP contribution in [0.15, 0.2) is 42.7 Å². The van der Waals surface area contributed by atoms with Crippen molar-refractivity contribution in [3.8, 4) is 0 Å². The quantitative estimate of drug-likeness (QED) is 0.621. The van der Waals surface area contributed by atoms with E-state index >= 15 is 0 Å². The van der Waals surface area contributed by atoms with E-state index in [1.54, 1.807) is 29.0 Å². The third-order valence-electron chi connectivity index (χ3n) is 3.61. The molecule has 2 heterocycles. The zero-order valence-electron chi connectivity index (χ0n) is 13.6. The molecular formula is C16H13F3N4O3S. The van der Waals surface area contributed by atoms with Crippen molar-refractivity contribution in [1.82, 2.24) is 14.9 Å². The number of carbonyl (C=O) groups excluding carboxylic acids is 1. The summed E-state index contributed by atoms with van der Waals surface area (Å²) >= 11 is 0. The van der Waals surface area contributed by atoms with Gasteiger partial charge in [0.05, 0.1) is 22.5 Å². The van der Waals surface area contributed by atoms with E-state index in [9.17, 15) is 26.4 Å². The summed E-state index contributed by atoms with van der Waals surface area (Å²) in [5.41, 5.74) is 0.267. The summed E-state index contributed by atoms with van der Waals surface area (Å²) in [7, 11) is -3.81. The standard InChI is InChI=1S/C16H13F3N4O3S/c17-13-2-1-12(14(18)15(13)19)16(24)20-6-8-27(25,26)22-10-4-7-23-11(9-10)3-5-21-23/h1-5,7,9,22H,6,8H2,(H,20,24). The van der Waals surface area contributed by atoms with Gasteiger partial charge in [0.1, 0.15) is 0 Å². The summed E-state index contributed by atoms with van der Waals surface area (Å²) in [6.07, 6.45) is 3.13. The Labute approximate surface area is 151 Å². The Bertz CT molecular complexity index is 1120. The lowest BCUT2D eigenvalue weighted by Crippen LogP contribution is -2.31. The highest BCUT2D eigenvalue weighted by Gasteiger charge is 2.19. The molecule has 2 aromatic heterocycles. The molecule has 0 saturated heterocycles. The maximum Gasteiger partial charge on any atom is 0.254 e. The van der Waals surface area contributed by atoms with Gasteiger partial charge in [-0.3, -0.25) is 9.52 Å². The number of carbonyl (C=O) groups is 1. The number of pyridine rings is 1. The minimum absolute atomic E-state index is 0.306. The SMILES string of the molecule is O=C(NCCS(=O)(=O)Nc1ccn2nccc2c1)c1ccc(F)c(F)c1F. The van der Waals surface area contributed by atoms with Crippen LogP contribution >= 0.6 is 0 Å². The molecular weight excluding hydrogens is 385 g/mol. The van der Waals surface area contributed by atoms with E-state index in [1.807, 2.05) is 0 Å². The number of rotatable bonds is 6. The van der Waals surface area contributed by atoms with Crippen LogP contribution in [0.2, 0.25) is 0 Å². The summed E-state index contributed by atoms with van der Waals surface area (Å²) in [6.45, 7) is -0.360. The number of benzene rings is 1. The van der Waals surface area contributed by atoms with Gasteiger partial charge in [0.25, 0.3) is 5.91 Å². The van der Waals surface area contributed by atoms with Crippen molar-refractivity contribution in [3.63, 3.8) is 0 Å². The summed E-state index contributed by atoms with van der Waals surface area (Å²) in [6, 6.07) is 6.15. The molecule has 7 nitrogen and oxygen atoms in total. The summed E-state index contributed by atoms with van der Waals surface area (Å²) in [5.74, 6) is -6.39. The average Bonchev–Trinajstić information content (AvgIpc) is 3.06. The van der Waals surface area contributed by atoms with Crippen molar-refractivity contribution >= 4 is 27.1 Å². The number of aromatic nitrogens is 2. The largest absolute Gasteiger partial charge is 0.351 e. The van der Waals surface area contributed by atoms with Crippen molar-refractivity contribution in [2.75, 3.05) is 17.0 Å². The molecule has 0 aliphatic rings. The van der Waals surface area contributed by atoms with E-state index in [1.165, 1.54) is 6.07 Å². The second-order valence-corrected chi connectivity index (χ2v) is 7.36. The lowest BCUT2D eigenvalue weighted by atomic mass is 10.2. The minimum Gasteiger partial charge on any atom is -0.351 e. The highest BCUT2D eigenvalue weighted by atomic mass is 32.2. The van der Waals surface area contributed by atoms with E-state index in [2.05, 4.69) is 15.1 Å². The molecule has 0 bridgehead atoms. The van der Waals surface area contributed by atoms with Crippen molar-refractivity contribution in [3.05, 3.63) is 65.7 Å². The molecule has 142 valence electrons. The molecule has 2 N–H and O–H groups in total. The first-order valence-electron chi connectivity index (χ1n) is 7.62. The molecule has 0 fully saturated rings. The number of sulfonamides is 1. The van der Waals surface area contributed by atoms with Crippen LogP contribution in [0.5, 0.6) is 0 Å². The topological polar surface area (TPSA) is 92.6 Å². The van der Waals surface area contributed by atoms with E-state index in [0.717, 1.165) is 6.07 Å². The van der Waals surface area contributed by atoms with Crippen LogP contribution in [0.4, 0.5) is 18.9 Å². The molecule has 0 unspecified atom stereocenters. The maximum absolute atomic E-state index is 13.5. The van der Waals surface area contributed by atoms with Gasteiger partial charge in [-0.25, -0.2) is 26.1 Å². The number of fused-ring (bicyclic) bond motifs is 1. The Morgan fingerprint density at radius 2 is 1.89 bits per heavy atom. The number of nitrogens with zero attached hydrogens (tertiary/aromatic N) is 2. The fraction of sp³-hybridized carbons (Fsp3) is 0.125. The van der Waals surface area contributed by atoms with Gasteiger partial charge in [-0.1, -0.05) is 0 Å². The van der Waals surface area contributed by atoms with Crippen LogP contribution in [-0.4, -0.2) is 36.2 Å². The molecule has 1 aromatic carbocycles. The van der Waals surface area contributed by atoms with Crippen LogP contribution in [0.1, 0.15) is 10.4 Å². The zero-order chi connectivity index (χ0) is 19.6.